The minimum atomic E-state index is -0.675. The number of ether oxygens (including phenoxy) is 10. The fraction of sp³-hybridized carbons (Fsp3) is 0.667. The summed E-state index contributed by atoms with van der Waals surface area (Å²) in [7, 11) is 5.67. The standard InChI is InChI=1S/C24H38O12/c1-27-5-7-31-9-11-33-13-15-35-21-18-22(36-16-14-34-12-10-32-8-6-28-2)20(24(26)30-4)17-19(21)23(25)29-3/h17-18H,5-16H2,1-4H3. The van der Waals surface area contributed by atoms with E-state index in [9.17, 15) is 9.59 Å². The van der Waals surface area contributed by atoms with Crippen LogP contribution in [0.2, 0.25) is 0 Å². The maximum Gasteiger partial charge on any atom is 0.341 e. The molecule has 1 aromatic rings. The minimum Gasteiger partial charge on any atom is -0.490 e. The fourth-order valence-corrected chi connectivity index (χ4v) is 2.69. The highest BCUT2D eigenvalue weighted by atomic mass is 16.6. The van der Waals surface area contributed by atoms with E-state index in [1.807, 2.05) is 0 Å². The van der Waals surface area contributed by atoms with E-state index in [0.29, 0.717) is 52.9 Å². The van der Waals surface area contributed by atoms with Gasteiger partial charge in [0.15, 0.2) is 0 Å². The first-order valence-corrected chi connectivity index (χ1v) is 11.5. The van der Waals surface area contributed by atoms with Crippen molar-refractivity contribution in [2.75, 3.05) is 108 Å². The molecule has 12 heteroatoms. The van der Waals surface area contributed by atoms with Gasteiger partial charge in [0, 0.05) is 20.3 Å². The first-order valence-electron chi connectivity index (χ1n) is 11.5. The summed E-state index contributed by atoms with van der Waals surface area (Å²) in [6, 6.07) is 2.76. The molecule has 1 rings (SSSR count). The van der Waals surface area contributed by atoms with E-state index in [1.54, 1.807) is 14.2 Å². The highest BCUT2D eigenvalue weighted by Gasteiger charge is 2.22. The van der Waals surface area contributed by atoms with Gasteiger partial charge in [-0.05, 0) is 6.07 Å². The molecule has 0 heterocycles. The van der Waals surface area contributed by atoms with E-state index in [0.717, 1.165) is 0 Å². The van der Waals surface area contributed by atoms with Gasteiger partial charge < -0.3 is 47.4 Å². The number of carbonyl (C=O) groups excluding carboxylic acids is 2. The second-order valence-electron chi connectivity index (χ2n) is 6.96. The van der Waals surface area contributed by atoms with Gasteiger partial charge in [0.05, 0.1) is 80.3 Å². The largest absolute Gasteiger partial charge is 0.490 e. The highest BCUT2D eigenvalue weighted by molar-refractivity contribution is 5.99. The van der Waals surface area contributed by atoms with Crippen LogP contribution >= 0.6 is 0 Å². The zero-order chi connectivity index (χ0) is 26.4. The smallest absolute Gasteiger partial charge is 0.341 e. The molecule has 0 aliphatic heterocycles. The van der Waals surface area contributed by atoms with Crippen LogP contribution in [0.3, 0.4) is 0 Å². The van der Waals surface area contributed by atoms with E-state index in [1.165, 1.54) is 26.4 Å². The normalized spacial score (nSPS) is 10.8. The molecule has 0 aromatic heterocycles. The Morgan fingerprint density at radius 3 is 1.17 bits per heavy atom. The molecule has 0 aliphatic rings. The van der Waals surface area contributed by atoms with Crippen LogP contribution in [-0.2, 0) is 37.9 Å². The number of benzene rings is 1. The van der Waals surface area contributed by atoms with Crippen LogP contribution in [0.1, 0.15) is 20.7 Å². The molecule has 12 nitrogen and oxygen atoms in total. The molecule has 0 unspecified atom stereocenters. The van der Waals surface area contributed by atoms with Gasteiger partial charge in [-0.1, -0.05) is 0 Å². The van der Waals surface area contributed by atoms with Gasteiger partial charge in [-0.25, -0.2) is 9.59 Å². The summed E-state index contributed by atoms with van der Waals surface area (Å²) in [4.78, 5) is 24.6. The third kappa shape index (κ3) is 13.0. The number of hydrogen-bond acceptors (Lipinski definition) is 12. The van der Waals surface area contributed by atoms with Crippen LogP contribution in [0, 0.1) is 0 Å². The molecule has 0 fully saturated rings. The van der Waals surface area contributed by atoms with Crippen LogP contribution in [0.5, 0.6) is 11.5 Å². The van der Waals surface area contributed by atoms with Crippen molar-refractivity contribution in [3.8, 4) is 11.5 Å². The Morgan fingerprint density at radius 1 is 0.500 bits per heavy atom. The van der Waals surface area contributed by atoms with E-state index < -0.39 is 11.9 Å². The Labute approximate surface area is 211 Å². The number of methoxy groups -OCH3 is 4. The molecule has 0 radical (unpaired) electrons. The monoisotopic (exact) mass is 518 g/mol. The van der Waals surface area contributed by atoms with E-state index in [2.05, 4.69) is 0 Å². The van der Waals surface area contributed by atoms with Crippen LogP contribution in [0.4, 0.5) is 0 Å². The Bertz CT molecular complexity index is 683. The SMILES string of the molecule is COCCOCCOCCOc1cc(OCCOCCOCCOC)c(C(=O)OC)cc1C(=O)OC. The summed E-state index contributed by atoms with van der Waals surface area (Å²) >= 11 is 0. The topological polar surface area (TPSA) is 126 Å². The molecule has 1 aromatic carbocycles. The van der Waals surface area contributed by atoms with Crippen molar-refractivity contribution in [3.05, 3.63) is 23.3 Å². The molecule has 0 aliphatic carbocycles. The van der Waals surface area contributed by atoms with E-state index in [-0.39, 0.29) is 49.1 Å². The zero-order valence-corrected chi connectivity index (χ0v) is 21.5. The van der Waals surface area contributed by atoms with Crippen molar-refractivity contribution >= 4 is 11.9 Å². The summed E-state index contributed by atoms with van der Waals surface area (Å²) in [6.45, 7) is 4.40. The Balaban J connectivity index is 2.69. The predicted octanol–water partition coefficient (Wildman–Crippen LogP) is 1.38. The van der Waals surface area contributed by atoms with Gasteiger partial charge in [0.1, 0.15) is 35.8 Å². The number of rotatable bonds is 22. The zero-order valence-electron chi connectivity index (χ0n) is 21.5. The van der Waals surface area contributed by atoms with Gasteiger partial charge in [0.2, 0.25) is 0 Å². The number of hydrogen-bond donors (Lipinski definition) is 0. The van der Waals surface area contributed by atoms with Crippen molar-refractivity contribution in [1.82, 2.24) is 0 Å². The Morgan fingerprint density at radius 2 is 0.833 bits per heavy atom. The lowest BCUT2D eigenvalue weighted by atomic mass is 10.1. The van der Waals surface area contributed by atoms with Crippen molar-refractivity contribution in [3.63, 3.8) is 0 Å². The summed E-state index contributed by atoms with van der Waals surface area (Å²) in [5.41, 5.74) is 0.107. The lowest BCUT2D eigenvalue weighted by Gasteiger charge is -2.16. The maximum atomic E-state index is 12.3. The highest BCUT2D eigenvalue weighted by Crippen LogP contribution is 2.31. The summed E-state index contributed by atoms with van der Waals surface area (Å²) in [6.07, 6.45) is 0. The van der Waals surface area contributed by atoms with Gasteiger partial charge in [0.25, 0.3) is 0 Å². The third-order valence-electron chi connectivity index (χ3n) is 4.47. The van der Waals surface area contributed by atoms with Crippen molar-refractivity contribution in [2.45, 2.75) is 0 Å². The van der Waals surface area contributed by atoms with Gasteiger partial charge >= 0.3 is 11.9 Å². The van der Waals surface area contributed by atoms with Crippen LogP contribution < -0.4 is 9.47 Å². The van der Waals surface area contributed by atoms with Gasteiger partial charge in [-0.15, -0.1) is 0 Å². The molecular formula is C24H38O12. The molecule has 0 spiro atoms. The second kappa shape index (κ2) is 20.7. The molecule has 0 saturated heterocycles. The van der Waals surface area contributed by atoms with Crippen LogP contribution in [0.25, 0.3) is 0 Å². The summed E-state index contributed by atoms with van der Waals surface area (Å²) in [5.74, 6) is -0.995. The molecule has 36 heavy (non-hydrogen) atoms. The lowest BCUT2D eigenvalue weighted by Crippen LogP contribution is -2.16. The Kier molecular flexibility index (Phi) is 18.1. The second-order valence-corrected chi connectivity index (χ2v) is 6.96. The van der Waals surface area contributed by atoms with E-state index >= 15 is 0 Å². The van der Waals surface area contributed by atoms with Crippen LogP contribution in [0.15, 0.2) is 12.1 Å². The first-order chi connectivity index (χ1) is 17.6. The van der Waals surface area contributed by atoms with Crippen molar-refractivity contribution in [1.29, 1.82) is 0 Å². The molecule has 0 N–H and O–H groups in total. The maximum absolute atomic E-state index is 12.3. The average molecular weight is 519 g/mol. The van der Waals surface area contributed by atoms with Crippen molar-refractivity contribution < 1.29 is 57.0 Å². The lowest BCUT2D eigenvalue weighted by molar-refractivity contribution is 0.0172. The fourth-order valence-electron chi connectivity index (χ4n) is 2.69. The minimum absolute atomic E-state index is 0.0533. The summed E-state index contributed by atoms with van der Waals surface area (Å²) in [5, 5.41) is 0. The molecule has 0 amide bonds. The van der Waals surface area contributed by atoms with Gasteiger partial charge in [-0.3, -0.25) is 0 Å². The molecule has 0 saturated carbocycles. The van der Waals surface area contributed by atoms with Crippen molar-refractivity contribution in [2.24, 2.45) is 0 Å². The van der Waals surface area contributed by atoms with Crippen LogP contribution in [-0.4, -0.2) is 120 Å². The quantitative estimate of drug-likeness (QED) is 0.163. The van der Waals surface area contributed by atoms with E-state index in [4.69, 9.17) is 47.4 Å². The number of esters is 2. The first kappa shape index (κ1) is 31.5. The molecule has 206 valence electrons. The average Bonchev–Trinajstić information content (AvgIpc) is 2.90. The Hall–Kier alpha value is -2.48. The summed E-state index contributed by atoms with van der Waals surface area (Å²) < 4.78 is 52.5. The predicted molar refractivity (Wildman–Crippen MR) is 127 cm³/mol. The third-order valence-corrected chi connectivity index (χ3v) is 4.47. The molecular weight excluding hydrogens is 480 g/mol. The molecule has 0 atom stereocenters. The number of carbonyl (C=O) groups is 2. The molecule has 0 bridgehead atoms. The van der Waals surface area contributed by atoms with Gasteiger partial charge in [-0.2, -0.15) is 0 Å².